The van der Waals surface area contributed by atoms with E-state index in [1.54, 1.807) is 38.4 Å². The SMILES string of the molecule is Cc1ccc([C@]23C[C@H]2CN(CC(=O)Nc2ccc(C(=O)N(C)C)cc2)C3)cc1. The van der Waals surface area contributed by atoms with Crippen molar-refractivity contribution >= 4 is 17.5 Å². The van der Waals surface area contributed by atoms with Gasteiger partial charge in [-0.05, 0) is 49.1 Å². The summed E-state index contributed by atoms with van der Waals surface area (Å²) < 4.78 is 0. The van der Waals surface area contributed by atoms with E-state index in [4.69, 9.17) is 0 Å². The van der Waals surface area contributed by atoms with E-state index in [0.717, 1.165) is 18.8 Å². The molecule has 0 unspecified atom stereocenters. The molecule has 1 N–H and O–H groups in total. The summed E-state index contributed by atoms with van der Waals surface area (Å²) in [6, 6.07) is 15.9. The summed E-state index contributed by atoms with van der Waals surface area (Å²) in [6.45, 7) is 4.45. The average molecular weight is 377 g/mol. The number of fused-ring (bicyclic) bond motifs is 1. The molecule has 1 saturated carbocycles. The smallest absolute Gasteiger partial charge is 0.253 e. The molecule has 5 nitrogen and oxygen atoms in total. The second kappa shape index (κ2) is 7.06. The lowest BCUT2D eigenvalue weighted by atomic mass is 9.94. The molecule has 0 bridgehead atoms. The van der Waals surface area contributed by atoms with Crippen LogP contribution in [0, 0.1) is 12.8 Å². The number of aryl methyl sites for hydroxylation is 1. The van der Waals surface area contributed by atoms with Crippen LogP contribution in [0.15, 0.2) is 48.5 Å². The zero-order valence-electron chi connectivity index (χ0n) is 16.7. The van der Waals surface area contributed by atoms with Crippen LogP contribution in [0.3, 0.4) is 0 Å². The summed E-state index contributed by atoms with van der Waals surface area (Å²) in [4.78, 5) is 28.2. The lowest BCUT2D eigenvalue weighted by Gasteiger charge is -2.20. The number of anilines is 1. The van der Waals surface area contributed by atoms with Crippen molar-refractivity contribution in [1.82, 2.24) is 9.80 Å². The number of carbonyl (C=O) groups excluding carboxylic acids is 2. The van der Waals surface area contributed by atoms with Crippen LogP contribution in [0.1, 0.15) is 27.9 Å². The molecule has 28 heavy (non-hydrogen) atoms. The molecule has 2 atom stereocenters. The van der Waals surface area contributed by atoms with Crippen LogP contribution in [0.25, 0.3) is 0 Å². The first-order chi connectivity index (χ1) is 13.4. The molecule has 5 heteroatoms. The lowest BCUT2D eigenvalue weighted by Crippen LogP contribution is -2.34. The number of amides is 2. The number of hydrogen-bond acceptors (Lipinski definition) is 3. The van der Waals surface area contributed by atoms with E-state index in [1.807, 2.05) is 0 Å². The van der Waals surface area contributed by atoms with E-state index >= 15 is 0 Å². The quantitative estimate of drug-likeness (QED) is 0.872. The summed E-state index contributed by atoms with van der Waals surface area (Å²) >= 11 is 0. The Morgan fingerprint density at radius 3 is 2.43 bits per heavy atom. The van der Waals surface area contributed by atoms with Gasteiger partial charge in [-0.15, -0.1) is 0 Å². The number of hydrogen-bond donors (Lipinski definition) is 1. The molecular formula is C23H27N3O2. The molecule has 1 saturated heterocycles. The maximum absolute atomic E-state index is 12.5. The van der Waals surface area contributed by atoms with Gasteiger partial charge in [0, 0.05) is 43.9 Å². The standard InChI is InChI=1S/C23H27N3O2/c1-16-4-8-18(9-5-16)23-12-19(23)13-26(15-23)14-21(27)24-20-10-6-17(7-11-20)22(28)25(2)3/h4-11,19H,12-15H2,1-3H3,(H,24,27)/t19-,23+/m0/s1. The second-order valence-corrected chi connectivity index (χ2v) is 8.42. The van der Waals surface area contributed by atoms with Crippen LogP contribution in [0.4, 0.5) is 5.69 Å². The lowest BCUT2D eigenvalue weighted by molar-refractivity contribution is -0.117. The Morgan fingerprint density at radius 2 is 1.79 bits per heavy atom. The topological polar surface area (TPSA) is 52.7 Å². The van der Waals surface area contributed by atoms with Crippen LogP contribution < -0.4 is 5.32 Å². The minimum absolute atomic E-state index is 0.00737. The predicted octanol–water partition coefficient (Wildman–Crippen LogP) is 2.91. The van der Waals surface area contributed by atoms with Crippen LogP contribution in [-0.2, 0) is 10.2 Å². The van der Waals surface area contributed by atoms with Crippen LogP contribution >= 0.6 is 0 Å². The summed E-state index contributed by atoms with van der Waals surface area (Å²) in [5, 5.41) is 2.95. The fourth-order valence-corrected chi connectivity index (χ4v) is 4.40. The molecule has 0 radical (unpaired) electrons. The summed E-state index contributed by atoms with van der Waals surface area (Å²) in [7, 11) is 3.45. The molecule has 2 aliphatic rings. The van der Waals surface area contributed by atoms with Crippen molar-refractivity contribution in [3.63, 3.8) is 0 Å². The molecule has 1 aliphatic carbocycles. The largest absolute Gasteiger partial charge is 0.345 e. The van der Waals surface area contributed by atoms with E-state index in [9.17, 15) is 9.59 Å². The van der Waals surface area contributed by atoms with Gasteiger partial charge in [-0.3, -0.25) is 14.5 Å². The van der Waals surface area contributed by atoms with Gasteiger partial charge in [0.05, 0.1) is 6.54 Å². The first kappa shape index (κ1) is 18.7. The highest BCUT2D eigenvalue weighted by atomic mass is 16.2. The van der Waals surface area contributed by atoms with Gasteiger partial charge < -0.3 is 10.2 Å². The van der Waals surface area contributed by atoms with E-state index in [2.05, 4.69) is 41.4 Å². The normalized spacial score (nSPS) is 23.2. The molecular weight excluding hydrogens is 350 g/mol. The van der Waals surface area contributed by atoms with Crippen LogP contribution in [0.5, 0.6) is 0 Å². The van der Waals surface area contributed by atoms with Gasteiger partial charge in [-0.25, -0.2) is 0 Å². The Bertz CT molecular complexity index is 889. The third-order valence-corrected chi connectivity index (χ3v) is 6.03. The van der Waals surface area contributed by atoms with Crippen LogP contribution in [-0.4, -0.2) is 55.3 Å². The summed E-state index contributed by atoms with van der Waals surface area (Å²) in [6.07, 6.45) is 1.23. The molecule has 2 aromatic rings. The molecule has 2 aromatic carbocycles. The highest BCUT2D eigenvalue weighted by Crippen LogP contribution is 2.58. The van der Waals surface area contributed by atoms with Gasteiger partial charge in [0.1, 0.15) is 0 Å². The van der Waals surface area contributed by atoms with Gasteiger partial charge >= 0.3 is 0 Å². The highest BCUT2D eigenvalue weighted by molar-refractivity contribution is 5.96. The van der Waals surface area contributed by atoms with Crippen molar-refractivity contribution in [2.45, 2.75) is 18.8 Å². The van der Waals surface area contributed by atoms with Crippen molar-refractivity contribution in [2.24, 2.45) is 5.92 Å². The van der Waals surface area contributed by atoms with Crippen molar-refractivity contribution in [2.75, 3.05) is 39.0 Å². The third kappa shape index (κ3) is 3.54. The Morgan fingerprint density at radius 1 is 1.11 bits per heavy atom. The van der Waals surface area contributed by atoms with Gasteiger partial charge in [0.25, 0.3) is 5.91 Å². The number of nitrogens with zero attached hydrogens (tertiary/aromatic N) is 2. The molecule has 146 valence electrons. The van der Waals surface area contributed by atoms with Gasteiger partial charge in [0.2, 0.25) is 5.91 Å². The number of nitrogens with one attached hydrogen (secondary N) is 1. The van der Waals surface area contributed by atoms with E-state index in [1.165, 1.54) is 22.4 Å². The van der Waals surface area contributed by atoms with Gasteiger partial charge in [-0.1, -0.05) is 29.8 Å². The van der Waals surface area contributed by atoms with Crippen molar-refractivity contribution in [3.8, 4) is 0 Å². The molecule has 1 heterocycles. The number of benzene rings is 2. The molecule has 4 rings (SSSR count). The maximum atomic E-state index is 12.5. The summed E-state index contributed by atoms with van der Waals surface area (Å²) in [5.41, 5.74) is 4.28. The monoisotopic (exact) mass is 377 g/mol. The number of carbonyl (C=O) groups is 2. The molecule has 1 aliphatic heterocycles. The number of piperidine rings is 1. The Kier molecular flexibility index (Phi) is 4.71. The minimum atomic E-state index is -0.0458. The van der Waals surface area contributed by atoms with Gasteiger partial charge in [-0.2, -0.15) is 0 Å². The highest BCUT2D eigenvalue weighted by Gasteiger charge is 2.60. The molecule has 0 spiro atoms. The first-order valence-electron chi connectivity index (χ1n) is 9.78. The van der Waals surface area contributed by atoms with E-state index < -0.39 is 0 Å². The predicted molar refractivity (Wildman–Crippen MR) is 110 cm³/mol. The minimum Gasteiger partial charge on any atom is -0.345 e. The second-order valence-electron chi connectivity index (χ2n) is 8.42. The molecule has 2 fully saturated rings. The van der Waals surface area contributed by atoms with Gasteiger partial charge in [0.15, 0.2) is 0 Å². The fraction of sp³-hybridized carbons (Fsp3) is 0.391. The average Bonchev–Trinajstić information content (AvgIpc) is 3.24. The van der Waals surface area contributed by atoms with Crippen molar-refractivity contribution in [3.05, 3.63) is 65.2 Å². The number of likely N-dealkylation sites (tertiary alicyclic amines) is 1. The van der Waals surface area contributed by atoms with E-state index in [-0.39, 0.29) is 17.2 Å². The van der Waals surface area contributed by atoms with Crippen molar-refractivity contribution < 1.29 is 9.59 Å². The Balaban J connectivity index is 1.33. The summed E-state index contributed by atoms with van der Waals surface area (Å²) in [5.74, 6) is 0.613. The zero-order valence-corrected chi connectivity index (χ0v) is 16.7. The van der Waals surface area contributed by atoms with E-state index in [0.29, 0.717) is 18.0 Å². The number of rotatable bonds is 5. The van der Waals surface area contributed by atoms with Crippen molar-refractivity contribution in [1.29, 1.82) is 0 Å². The Hall–Kier alpha value is -2.66. The van der Waals surface area contributed by atoms with Crippen LogP contribution in [0.2, 0.25) is 0 Å². The molecule has 0 aromatic heterocycles. The maximum Gasteiger partial charge on any atom is 0.253 e. The molecule has 2 amide bonds. The third-order valence-electron chi connectivity index (χ3n) is 6.03. The first-order valence-corrected chi connectivity index (χ1v) is 9.78. The zero-order chi connectivity index (χ0) is 19.9. The Labute approximate surface area is 166 Å². The fourth-order valence-electron chi connectivity index (χ4n) is 4.40.